The number of hydrogen-bond acceptors (Lipinski definition) is 5. The van der Waals surface area contributed by atoms with Gasteiger partial charge >= 0.3 is 0 Å². The number of nitrogens with zero attached hydrogens (tertiary/aromatic N) is 3. The molecule has 1 aromatic heterocycles. The van der Waals surface area contributed by atoms with Crippen LogP contribution in [-0.4, -0.2) is 15.0 Å². The van der Waals surface area contributed by atoms with Gasteiger partial charge in [-0.2, -0.15) is 15.0 Å². The first-order chi connectivity index (χ1) is 10.8. The molecule has 1 atom stereocenters. The molecule has 1 heterocycles. The number of nitrogens with one attached hydrogen (secondary N) is 1. The quantitative estimate of drug-likeness (QED) is 0.907. The van der Waals surface area contributed by atoms with E-state index in [4.69, 9.17) is 5.73 Å². The van der Waals surface area contributed by atoms with Gasteiger partial charge in [0.05, 0.1) is 6.04 Å². The first-order valence-corrected chi connectivity index (χ1v) is 7.90. The highest BCUT2D eigenvalue weighted by atomic mass is 19.1. The minimum Gasteiger partial charge on any atom is -0.368 e. The molecule has 0 spiro atoms. The van der Waals surface area contributed by atoms with Crippen molar-refractivity contribution in [3.05, 3.63) is 40.7 Å². The third-order valence-corrected chi connectivity index (χ3v) is 4.10. The molecular weight excluding hydrogens is 293 g/mol. The van der Waals surface area contributed by atoms with Gasteiger partial charge in [0.1, 0.15) is 0 Å². The van der Waals surface area contributed by atoms with Gasteiger partial charge in [0.25, 0.3) is 0 Å². The normalized spacial score (nSPS) is 17.7. The molecule has 0 saturated carbocycles. The van der Waals surface area contributed by atoms with Crippen LogP contribution >= 0.6 is 0 Å². The predicted octanol–water partition coefficient (Wildman–Crippen LogP) is 3.46. The molecule has 122 valence electrons. The molecule has 0 bridgehead atoms. The predicted molar refractivity (Wildman–Crippen MR) is 88.9 cm³/mol. The van der Waals surface area contributed by atoms with Crippen LogP contribution in [0, 0.1) is 6.92 Å². The molecule has 0 fully saturated rings. The van der Waals surface area contributed by atoms with E-state index in [0.29, 0.717) is 5.95 Å². The summed E-state index contributed by atoms with van der Waals surface area (Å²) in [6, 6.07) is 6.58. The average Bonchev–Trinajstić information content (AvgIpc) is 2.45. The van der Waals surface area contributed by atoms with Gasteiger partial charge in [0, 0.05) is 0 Å². The number of nitrogen functional groups attached to an aromatic ring is 1. The first kappa shape index (κ1) is 15.6. The fourth-order valence-electron chi connectivity index (χ4n) is 2.97. The molecule has 0 aliphatic heterocycles. The van der Waals surface area contributed by atoms with E-state index in [1.54, 1.807) is 0 Å². The molecule has 1 aliphatic rings. The van der Waals surface area contributed by atoms with E-state index in [9.17, 15) is 4.39 Å². The summed E-state index contributed by atoms with van der Waals surface area (Å²) in [5, 5.41) is 3.30. The van der Waals surface area contributed by atoms with Crippen LogP contribution in [0.4, 0.5) is 16.3 Å². The van der Waals surface area contributed by atoms with Gasteiger partial charge < -0.3 is 11.1 Å². The number of hydrogen-bond donors (Lipinski definition) is 2. The number of alkyl halides is 1. The Morgan fingerprint density at radius 1 is 1.26 bits per heavy atom. The van der Waals surface area contributed by atoms with Gasteiger partial charge in [-0.05, 0) is 51.2 Å². The van der Waals surface area contributed by atoms with Crippen molar-refractivity contribution in [2.45, 2.75) is 51.7 Å². The van der Waals surface area contributed by atoms with Crippen LogP contribution in [0.5, 0.6) is 0 Å². The molecule has 6 heteroatoms. The zero-order chi connectivity index (χ0) is 16.6. The van der Waals surface area contributed by atoms with E-state index < -0.39 is 5.67 Å². The number of anilines is 2. The first-order valence-electron chi connectivity index (χ1n) is 7.90. The van der Waals surface area contributed by atoms with Gasteiger partial charge in [0.15, 0.2) is 11.5 Å². The van der Waals surface area contributed by atoms with Crippen LogP contribution in [0.25, 0.3) is 0 Å². The fourth-order valence-corrected chi connectivity index (χ4v) is 2.97. The molecule has 0 radical (unpaired) electrons. The topological polar surface area (TPSA) is 76.7 Å². The van der Waals surface area contributed by atoms with Gasteiger partial charge in [-0.1, -0.05) is 23.8 Å². The van der Waals surface area contributed by atoms with Crippen LogP contribution in [0.3, 0.4) is 0 Å². The molecule has 3 N–H and O–H groups in total. The molecule has 1 aliphatic carbocycles. The summed E-state index contributed by atoms with van der Waals surface area (Å²) in [6.45, 7) is 4.91. The lowest BCUT2D eigenvalue weighted by atomic mass is 9.87. The third-order valence-electron chi connectivity index (χ3n) is 4.10. The lowest BCUT2D eigenvalue weighted by molar-refractivity contribution is 0.206. The van der Waals surface area contributed by atoms with E-state index in [0.717, 1.165) is 19.3 Å². The molecule has 2 aromatic rings. The van der Waals surface area contributed by atoms with Crippen LogP contribution < -0.4 is 11.1 Å². The number of fused-ring (bicyclic) bond motifs is 1. The van der Waals surface area contributed by atoms with Crippen LogP contribution in [0.1, 0.15) is 55.2 Å². The standard InChI is InChI=1S/C17H22FN5/c1-10-7-8-12-11(9-10)5-4-6-13(12)20-16-22-14(17(2,3)18)21-15(19)23-16/h7-9,13H,4-6H2,1-3H3,(H3,19,20,21,22,23)/t13-/m1/s1. The minimum atomic E-state index is -1.66. The molecular formula is C17H22FN5. The van der Waals surface area contributed by atoms with Crippen molar-refractivity contribution in [1.82, 2.24) is 15.0 Å². The zero-order valence-electron chi connectivity index (χ0n) is 13.7. The van der Waals surface area contributed by atoms with E-state index in [-0.39, 0.29) is 17.8 Å². The molecule has 0 amide bonds. The summed E-state index contributed by atoms with van der Waals surface area (Å²) >= 11 is 0. The zero-order valence-corrected chi connectivity index (χ0v) is 13.7. The number of nitrogens with two attached hydrogens (primary N) is 1. The van der Waals surface area contributed by atoms with Gasteiger partial charge in [-0.15, -0.1) is 0 Å². The summed E-state index contributed by atoms with van der Waals surface area (Å²) in [4.78, 5) is 12.2. The van der Waals surface area contributed by atoms with Crippen molar-refractivity contribution < 1.29 is 4.39 Å². The molecule has 23 heavy (non-hydrogen) atoms. The van der Waals surface area contributed by atoms with Crippen molar-refractivity contribution in [3.63, 3.8) is 0 Å². The number of rotatable bonds is 3. The van der Waals surface area contributed by atoms with Gasteiger partial charge in [-0.3, -0.25) is 0 Å². The van der Waals surface area contributed by atoms with Crippen LogP contribution in [0.2, 0.25) is 0 Å². The molecule has 3 rings (SSSR count). The van der Waals surface area contributed by atoms with E-state index in [1.807, 2.05) is 0 Å². The largest absolute Gasteiger partial charge is 0.368 e. The summed E-state index contributed by atoms with van der Waals surface area (Å²) in [7, 11) is 0. The summed E-state index contributed by atoms with van der Waals surface area (Å²) in [5.74, 6) is 0.409. The van der Waals surface area contributed by atoms with Gasteiger partial charge in [-0.25, -0.2) is 4.39 Å². The maximum atomic E-state index is 14.1. The molecule has 1 aromatic carbocycles. The number of benzene rings is 1. The second-order valence-corrected chi connectivity index (χ2v) is 6.60. The van der Waals surface area contributed by atoms with Gasteiger partial charge in [0.2, 0.25) is 11.9 Å². The highest BCUT2D eigenvalue weighted by Crippen LogP contribution is 2.33. The SMILES string of the molecule is Cc1ccc2c(c1)CCC[C@H]2Nc1nc(N)nc(C(C)(C)F)n1. The maximum Gasteiger partial charge on any atom is 0.228 e. The Labute approximate surface area is 135 Å². The third kappa shape index (κ3) is 3.41. The van der Waals surface area contributed by atoms with Crippen molar-refractivity contribution in [1.29, 1.82) is 0 Å². The van der Waals surface area contributed by atoms with Crippen LogP contribution in [-0.2, 0) is 12.1 Å². The smallest absolute Gasteiger partial charge is 0.228 e. The van der Waals surface area contributed by atoms with Crippen molar-refractivity contribution >= 4 is 11.9 Å². The van der Waals surface area contributed by atoms with Crippen molar-refractivity contribution in [3.8, 4) is 0 Å². The highest BCUT2D eigenvalue weighted by Gasteiger charge is 2.26. The minimum absolute atomic E-state index is 0.0307. The molecule has 0 unspecified atom stereocenters. The Morgan fingerprint density at radius 3 is 2.78 bits per heavy atom. The number of halogens is 1. The summed E-state index contributed by atoms with van der Waals surface area (Å²) in [5.41, 5.74) is 7.91. The lowest BCUT2D eigenvalue weighted by Crippen LogP contribution is -2.22. The average molecular weight is 315 g/mol. The summed E-state index contributed by atoms with van der Waals surface area (Å²) < 4.78 is 14.1. The Balaban J connectivity index is 1.91. The fraction of sp³-hybridized carbons (Fsp3) is 0.471. The monoisotopic (exact) mass is 315 g/mol. The Hall–Kier alpha value is -2.24. The van der Waals surface area contributed by atoms with E-state index in [1.165, 1.54) is 30.5 Å². The van der Waals surface area contributed by atoms with E-state index >= 15 is 0 Å². The number of aromatic nitrogens is 3. The Kier molecular flexibility index (Phi) is 3.92. The second kappa shape index (κ2) is 5.76. The van der Waals surface area contributed by atoms with Crippen LogP contribution in [0.15, 0.2) is 18.2 Å². The van der Waals surface area contributed by atoms with Crippen molar-refractivity contribution in [2.24, 2.45) is 0 Å². The van der Waals surface area contributed by atoms with Crippen molar-refractivity contribution in [2.75, 3.05) is 11.1 Å². The molecule has 5 nitrogen and oxygen atoms in total. The van der Waals surface area contributed by atoms with E-state index in [2.05, 4.69) is 45.4 Å². The Bertz CT molecular complexity index is 723. The highest BCUT2D eigenvalue weighted by molar-refractivity contribution is 5.41. The maximum absolute atomic E-state index is 14.1. The second-order valence-electron chi connectivity index (χ2n) is 6.60. The number of aryl methyl sites for hydroxylation is 2. The molecule has 0 saturated heterocycles. The Morgan fingerprint density at radius 2 is 2.04 bits per heavy atom. The summed E-state index contributed by atoms with van der Waals surface area (Å²) in [6.07, 6.45) is 3.16. The lowest BCUT2D eigenvalue weighted by Gasteiger charge is -2.27.